The van der Waals surface area contributed by atoms with Crippen LogP contribution >= 0.6 is 0 Å². The molecule has 142 valence electrons. The summed E-state index contributed by atoms with van der Waals surface area (Å²) in [6, 6.07) is 0. The van der Waals surface area contributed by atoms with E-state index in [1.165, 1.54) is 0 Å². The quantitative estimate of drug-likeness (QED) is 0.820. The average molecular weight is 360 g/mol. The molecule has 3 aliphatic rings. The number of amides is 2. The van der Waals surface area contributed by atoms with E-state index in [9.17, 15) is 9.59 Å². The lowest BCUT2D eigenvalue weighted by atomic mass is 9.86. The first-order chi connectivity index (χ1) is 12.4. The van der Waals surface area contributed by atoms with Gasteiger partial charge in [-0.15, -0.1) is 0 Å². The molecule has 1 aromatic heterocycles. The van der Waals surface area contributed by atoms with Gasteiger partial charge in [0.25, 0.3) is 0 Å². The van der Waals surface area contributed by atoms with Crippen LogP contribution < -0.4 is 0 Å². The topological polar surface area (TPSA) is 79.5 Å². The summed E-state index contributed by atoms with van der Waals surface area (Å²) in [6.45, 7) is 5.48. The van der Waals surface area contributed by atoms with Crippen LogP contribution in [-0.4, -0.2) is 57.4 Å². The molecule has 3 fully saturated rings. The van der Waals surface area contributed by atoms with Crippen molar-refractivity contribution in [1.29, 1.82) is 0 Å². The van der Waals surface area contributed by atoms with Gasteiger partial charge in [0.1, 0.15) is 0 Å². The fourth-order valence-corrected chi connectivity index (χ4v) is 4.19. The summed E-state index contributed by atoms with van der Waals surface area (Å²) in [6.07, 6.45) is 5.39. The fraction of sp³-hybridized carbons (Fsp3) is 0.789. The maximum Gasteiger partial charge on any atom is 0.229 e. The minimum atomic E-state index is -0.408. The van der Waals surface area contributed by atoms with E-state index < -0.39 is 5.54 Å². The first-order valence-electron chi connectivity index (χ1n) is 9.74. The molecule has 1 atom stereocenters. The lowest BCUT2D eigenvalue weighted by Crippen LogP contribution is -2.50. The zero-order valence-electron chi connectivity index (χ0n) is 15.9. The molecule has 4 rings (SSSR count). The number of rotatable bonds is 4. The van der Waals surface area contributed by atoms with E-state index in [2.05, 4.69) is 10.1 Å². The molecule has 0 spiro atoms. The van der Waals surface area contributed by atoms with Crippen LogP contribution in [-0.2, 0) is 16.0 Å². The second-order valence-corrected chi connectivity index (χ2v) is 8.66. The first-order valence-corrected chi connectivity index (χ1v) is 9.74. The Kier molecular flexibility index (Phi) is 4.28. The summed E-state index contributed by atoms with van der Waals surface area (Å²) < 4.78 is 5.34. The molecule has 3 heterocycles. The predicted molar refractivity (Wildman–Crippen MR) is 94.2 cm³/mol. The zero-order valence-corrected chi connectivity index (χ0v) is 15.9. The highest BCUT2D eigenvalue weighted by atomic mass is 16.5. The van der Waals surface area contributed by atoms with Gasteiger partial charge in [-0.05, 0) is 45.4 Å². The normalized spacial score (nSPS) is 26.6. The Morgan fingerprint density at radius 3 is 2.50 bits per heavy atom. The molecule has 0 unspecified atom stereocenters. The van der Waals surface area contributed by atoms with E-state index >= 15 is 0 Å². The van der Waals surface area contributed by atoms with Gasteiger partial charge in [-0.25, -0.2) is 0 Å². The molecular weight excluding hydrogens is 332 g/mol. The van der Waals surface area contributed by atoms with Crippen molar-refractivity contribution in [2.45, 2.75) is 63.8 Å². The Bertz CT molecular complexity index is 701. The predicted octanol–water partition coefficient (Wildman–Crippen LogP) is 1.98. The monoisotopic (exact) mass is 360 g/mol. The van der Waals surface area contributed by atoms with Gasteiger partial charge in [-0.2, -0.15) is 4.98 Å². The van der Waals surface area contributed by atoms with Crippen molar-refractivity contribution in [1.82, 2.24) is 19.9 Å². The molecule has 1 saturated carbocycles. The molecule has 1 aromatic rings. The Labute approximate surface area is 154 Å². The van der Waals surface area contributed by atoms with Crippen molar-refractivity contribution in [3.8, 4) is 0 Å². The first kappa shape index (κ1) is 17.5. The van der Waals surface area contributed by atoms with Crippen LogP contribution in [0.15, 0.2) is 4.52 Å². The van der Waals surface area contributed by atoms with Gasteiger partial charge in [0.15, 0.2) is 5.82 Å². The number of aromatic nitrogens is 2. The Hall–Kier alpha value is -1.92. The van der Waals surface area contributed by atoms with Gasteiger partial charge >= 0.3 is 0 Å². The second kappa shape index (κ2) is 6.35. The molecule has 0 N–H and O–H groups in total. The number of likely N-dealkylation sites (tertiary alicyclic amines) is 2. The maximum absolute atomic E-state index is 13.0. The summed E-state index contributed by atoms with van der Waals surface area (Å²) in [4.78, 5) is 33.2. The van der Waals surface area contributed by atoms with Crippen LogP contribution in [0, 0.1) is 11.8 Å². The SMILES string of the molecule is CN1C(=O)C[C@@H](C(=O)N2CCC(Cc3noc(C4CC4)n3)CC2)C1(C)C. The molecular formula is C19H28N4O3. The van der Waals surface area contributed by atoms with Crippen molar-refractivity contribution in [3.63, 3.8) is 0 Å². The Balaban J connectivity index is 1.31. The number of carbonyl (C=O) groups is 2. The molecule has 2 saturated heterocycles. The van der Waals surface area contributed by atoms with Gasteiger partial charge in [0.05, 0.1) is 5.92 Å². The summed E-state index contributed by atoms with van der Waals surface area (Å²) in [5, 5.41) is 4.11. The van der Waals surface area contributed by atoms with Crippen LogP contribution in [0.4, 0.5) is 0 Å². The van der Waals surface area contributed by atoms with E-state index in [1.54, 1.807) is 11.9 Å². The third kappa shape index (κ3) is 3.12. The number of hydrogen-bond donors (Lipinski definition) is 0. The minimum Gasteiger partial charge on any atom is -0.342 e. The molecule has 1 aliphatic carbocycles. The third-order valence-corrected chi connectivity index (χ3v) is 6.58. The van der Waals surface area contributed by atoms with E-state index in [4.69, 9.17) is 4.52 Å². The Morgan fingerprint density at radius 2 is 1.92 bits per heavy atom. The zero-order chi connectivity index (χ0) is 18.5. The standard InChI is InChI=1S/C19H28N4O3/c1-19(2)14(11-16(24)22(19)3)18(25)23-8-6-12(7-9-23)10-15-20-17(26-21-15)13-4-5-13/h12-14H,4-11H2,1-3H3/t14-/m0/s1. The molecule has 0 radical (unpaired) electrons. The van der Waals surface area contributed by atoms with Gasteiger partial charge < -0.3 is 14.3 Å². The van der Waals surface area contributed by atoms with E-state index in [0.717, 1.165) is 56.9 Å². The molecule has 7 nitrogen and oxygen atoms in total. The molecule has 0 bridgehead atoms. The van der Waals surface area contributed by atoms with E-state index in [-0.39, 0.29) is 17.7 Å². The summed E-state index contributed by atoms with van der Waals surface area (Å²) in [7, 11) is 1.79. The molecule has 26 heavy (non-hydrogen) atoms. The van der Waals surface area contributed by atoms with Crippen LogP contribution in [0.2, 0.25) is 0 Å². The van der Waals surface area contributed by atoms with Crippen molar-refractivity contribution in [2.75, 3.05) is 20.1 Å². The van der Waals surface area contributed by atoms with Crippen LogP contribution in [0.1, 0.15) is 63.6 Å². The fourth-order valence-electron chi connectivity index (χ4n) is 4.19. The summed E-state index contributed by atoms with van der Waals surface area (Å²) in [5.41, 5.74) is -0.408. The van der Waals surface area contributed by atoms with Crippen LogP contribution in [0.25, 0.3) is 0 Å². The second-order valence-electron chi connectivity index (χ2n) is 8.66. The maximum atomic E-state index is 13.0. The summed E-state index contributed by atoms with van der Waals surface area (Å²) in [5.74, 6) is 2.53. The van der Waals surface area contributed by atoms with Crippen LogP contribution in [0.5, 0.6) is 0 Å². The van der Waals surface area contributed by atoms with Gasteiger partial charge in [-0.3, -0.25) is 9.59 Å². The Morgan fingerprint density at radius 1 is 1.23 bits per heavy atom. The molecule has 0 aromatic carbocycles. The number of nitrogens with zero attached hydrogens (tertiary/aromatic N) is 4. The third-order valence-electron chi connectivity index (χ3n) is 6.58. The van der Waals surface area contributed by atoms with Crippen molar-refractivity contribution < 1.29 is 14.1 Å². The molecule has 2 amide bonds. The lowest BCUT2D eigenvalue weighted by Gasteiger charge is -2.38. The van der Waals surface area contributed by atoms with Gasteiger partial charge in [-0.1, -0.05) is 5.16 Å². The van der Waals surface area contributed by atoms with Gasteiger partial charge in [0.2, 0.25) is 17.7 Å². The van der Waals surface area contributed by atoms with Crippen molar-refractivity contribution >= 4 is 11.8 Å². The number of hydrogen-bond acceptors (Lipinski definition) is 5. The molecule has 2 aliphatic heterocycles. The lowest BCUT2D eigenvalue weighted by molar-refractivity contribution is -0.139. The highest BCUT2D eigenvalue weighted by Gasteiger charge is 2.49. The van der Waals surface area contributed by atoms with E-state index in [0.29, 0.717) is 18.3 Å². The summed E-state index contributed by atoms with van der Waals surface area (Å²) >= 11 is 0. The number of carbonyl (C=O) groups excluding carboxylic acids is 2. The minimum absolute atomic E-state index is 0.0619. The van der Waals surface area contributed by atoms with Gasteiger partial charge in [0, 0.05) is 44.4 Å². The van der Waals surface area contributed by atoms with Crippen molar-refractivity contribution in [2.24, 2.45) is 11.8 Å². The highest BCUT2D eigenvalue weighted by Crippen LogP contribution is 2.39. The number of piperidine rings is 1. The van der Waals surface area contributed by atoms with E-state index in [1.807, 2.05) is 18.7 Å². The highest BCUT2D eigenvalue weighted by molar-refractivity contribution is 5.91. The van der Waals surface area contributed by atoms with Crippen molar-refractivity contribution in [3.05, 3.63) is 11.7 Å². The molecule has 7 heteroatoms. The smallest absolute Gasteiger partial charge is 0.229 e. The largest absolute Gasteiger partial charge is 0.342 e. The average Bonchev–Trinajstić information content (AvgIpc) is 3.33. The van der Waals surface area contributed by atoms with Crippen LogP contribution in [0.3, 0.4) is 0 Å².